The summed E-state index contributed by atoms with van der Waals surface area (Å²) in [7, 11) is 0. The zero-order chi connectivity index (χ0) is 14.4. The summed E-state index contributed by atoms with van der Waals surface area (Å²) in [6, 6.07) is 0. The lowest BCUT2D eigenvalue weighted by molar-refractivity contribution is 0.233. The average Bonchev–Trinajstić information content (AvgIpc) is 2.43. The molecule has 0 saturated carbocycles. The summed E-state index contributed by atoms with van der Waals surface area (Å²) < 4.78 is 0. The van der Waals surface area contributed by atoms with E-state index >= 15 is 0 Å². The lowest BCUT2D eigenvalue weighted by Gasteiger charge is -2.29. The maximum absolute atomic E-state index is 5.54. The molecule has 0 radical (unpaired) electrons. The second-order valence-corrected chi connectivity index (χ2v) is 4.48. The van der Waals surface area contributed by atoms with Gasteiger partial charge in [-0.2, -0.15) is 0 Å². The van der Waals surface area contributed by atoms with Crippen molar-refractivity contribution in [1.29, 1.82) is 0 Å². The third-order valence-corrected chi connectivity index (χ3v) is 3.75. The molecule has 0 atom stereocenters. The topological polar surface area (TPSA) is 52.0 Å². The Morgan fingerprint density at radius 1 is 1.06 bits per heavy atom. The fraction of sp³-hybridized carbons (Fsp3) is 0.625. The molecule has 18 heavy (non-hydrogen) atoms. The number of rotatable bonds is 8. The fourth-order valence-corrected chi connectivity index (χ4v) is 1.96. The predicted molar refractivity (Wildman–Crippen MR) is 84.5 cm³/mol. The van der Waals surface area contributed by atoms with Gasteiger partial charge in [-0.1, -0.05) is 71.4 Å². The predicted octanol–water partition coefficient (Wildman–Crippen LogP) is 3.80. The second-order valence-electron chi connectivity index (χ2n) is 4.48. The van der Waals surface area contributed by atoms with Gasteiger partial charge in [0.25, 0.3) is 0 Å². The van der Waals surface area contributed by atoms with E-state index in [0.29, 0.717) is 12.0 Å². The van der Waals surface area contributed by atoms with Crippen molar-refractivity contribution in [3.8, 4) is 0 Å². The molecule has 0 aromatic heterocycles. The first kappa shape index (κ1) is 19.5. The summed E-state index contributed by atoms with van der Waals surface area (Å²) in [5, 5.41) is 0. The van der Waals surface area contributed by atoms with Gasteiger partial charge in [0.05, 0.1) is 0 Å². The summed E-state index contributed by atoms with van der Waals surface area (Å²) in [6.07, 6.45) is 10.3. The molecule has 106 valence electrons. The Bertz CT molecular complexity index is 229. The molecule has 2 heteroatoms. The Hall–Kier alpha value is -0.860. The first-order chi connectivity index (χ1) is 8.59. The largest absolute Gasteiger partial charge is 0.330 e. The van der Waals surface area contributed by atoms with E-state index in [1.807, 2.05) is 6.08 Å². The molecule has 0 fully saturated rings. The minimum atomic E-state index is 0.537. The zero-order valence-corrected chi connectivity index (χ0v) is 12.5. The third kappa shape index (κ3) is 8.26. The van der Waals surface area contributed by atoms with Crippen molar-refractivity contribution in [3.05, 3.63) is 37.0 Å². The molecular weight excluding hydrogens is 220 g/mol. The van der Waals surface area contributed by atoms with Gasteiger partial charge in [0.2, 0.25) is 0 Å². The van der Waals surface area contributed by atoms with Crippen LogP contribution >= 0.6 is 0 Å². The van der Waals surface area contributed by atoms with Gasteiger partial charge >= 0.3 is 0 Å². The molecule has 0 aliphatic heterocycles. The average molecular weight is 252 g/mol. The number of hydrogen-bond acceptors (Lipinski definition) is 2. The Kier molecular flexibility index (Phi) is 13.6. The van der Waals surface area contributed by atoms with Gasteiger partial charge in [-0.25, -0.2) is 0 Å². The van der Waals surface area contributed by atoms with Crippen LogP contribution in [0.4, 0.5) is 0 Å². The van der Waals surface area contributed by atoms with Crippen molar-refractivity contribution in [2.45, 2.75) is 46.5 Å². The summed E-state index contributed by atoms with van der Waals surface area (Å²) in [5.41, 5.74) is 12.4. The third-order valence-electron chi connectivity index (χ3n) is 3.75. The van der Waals surface area contributed by atoms with Gasteiger partial charge in [0.1, 0.15) is 0 Å². The molecular formula is C16H32N2. The van der Waals surface area contributed by atoms with Crippen molar-refractivity contribution in [1.82, 2.24) is 0 Å². The summed E-state index contributed by atoms with van der Waals surface area (Å²) in [4.78, 5) is 0. The molecule has 0 spiro atoms. The molecule has 0 aliphatic carbocycles. The van der Waals surface area contributed by atoms with Gasteiger partial charge in [-0.15, -0.1) is 0 Å². The molecule has 0 aliphatic rings. The van der Waals surface area contributed by atoms with Crippen LogP contribution in [0.3, 0.4) is 0 Å². The van der Waals surface area contributed by atoms with Gasteiger partial charge in [0.15, 0.2) is 0 Å². The van der Waals surface area contributed by atoms with Crippen LogP contribution in [-0.2, 0) is 0 Å². The van der Waals surface area contributed by atoms with Gasteiger partial charge in [-0.05, 0) is 24.0 Å². The molecule has 0 heterocycles. The number of nitrogens with two attached hydrogens (primary N) is 2. The monoisotopic (exact) mass is 252 g/mol. The van der Waals surface area contributed by atoms with Crippen LogP contribution in [0.5, 0.6) is 0 Å². The van der Waals surface area contributed by atoms with Crippen LogP contribution in [0.2, 0.25) is 0 Å². The molecule has 0 unspecified atom stereocenters. The van der Waals surface area contributed by atoms with Gasteiger partial charge < -0.3 is 11.5 Å². The molecule has 0 aromatic rings. The van der Waals surface area contributed by atoms with Gasteiger partial charge in [0, 0.05) is 6.54 Å². The van der Waals surface area contributed by atoms with E-state index in [1.165, 1.54) is 25.7 Å². The Morgan fingerprint density at radius 2 is 1.56 bits per heavy atom. The van der Waals surface area contributed by atoms with Crippen molar-refractivity contribution in [3.63, 3.8) is 0 Å². The molecule has 4 N–H and O–H groups in total. The molecule has 2 nitrogen and oxygen atoms in total. The summed E-state index contributed by atoms with van der Waals surface area (Å²) >= 11 is 0. The maximum atomic E-state index is 5.54. The normalized spacial score (nSPS) is 11.5. The highest BCUT2D eigenvalue weighted by Gasteiger charge is 2.21. The number of allylic oxidation sites excluding steroid dienone is 2. The highest BCUT2D eigenvalue weighted by atomic mass is 14.5. The van der Waals surface area contributed by atoms with Crippen molar-refractivity contribution in [2.24, 2.45) is 16.9 Å². The van der Waals surface area contributed by atoms with Crippen LogP contribution in [0.15, 0.2) is 37.0 Å². The van der Waals surface area contributed by atoms with Crippen LogP contribution in [-0.4, -0.2) is 13.1 Å². The zero-order valence-electron chi connectivity index (χ0n) is 12.5. The maximum Gasteiger partial charge on any atom is 0.0177 e. The second kappa shape index (κ2) is 12.6. The van der Waals surface area contributed by atoms with Crippen molar-refractivity contribution < 1.29 is 0 Å². The highest BCUT2D eigenvalue weighted by Crippen LogP contribution is 2.33. The van der Waals surface area contributed by atoms with Gasteiger partial charge in [-0.3, -0.25) is 0 Å². The molecule has 0 aromatic carbocycles. The fourth-order valence-electron chi connectivity index (χ4n) is 1.96. The quantitative estimate of drug-likeness (QED) is 0.646. The summed E-state index contributed by atoms with van der Waals surface area (Å²) in [6.45, 7) is 15.3. The Morgan fingerprint density at radius 3 is 1.67 bits per heavy atom. The standard InChI is InChI=1S/C9H21N.C7H11N/c1-4-9(5-2,6-3)7-8-10;1-3-5-7(4-2)6-8/h4-8,10H2,1-3H3;3-5H,1-2,6,8H2/b;7-5+. The van der Waals surface area contributed by atoms with Crippen molar-refractivity contribution in [2.75, 3.05) is 13.1 Å². The first-order valence-electron chi connectivity index (χ1n) is 6.93. The molecule has 0 saturated heterocycles. The van der Waals surface area contributed by atoms with Crippen molar-refractivity contribution >= 4 is 0 Å². The highest BCUT2D eigenvalue weighted by molar-refractivity contribution is 5.21. The summed E-state index contributed by atoms with van der Waals surface area (Å²) in [5.74, 6) is 0. The molecule has 0 bridgehead atoms. The van der Waals surface area contributed by atoms with Crippen LogP contribution in [0.25, 0.3) is 0 Å². The first-order valence-corrected chi connectivity index (χ1v) is 6.93. The van der Waals surface area contributed by atoms with E-state index in [4.69, 9.17) is 11.5 Å². The van der Waals surface area contributed by atoms with E-state index in [9.17, 15) is 0 Å². The van der Waals surface area contributed by atoms with E-state index in [-0.39, 0.29) is 0 Å². The minimum absolute atomic E-state index is 0.537. The lowest BCUT2D eigenvalue weighted by Crippen LogP contribution is -2.21. The number of hydrogen-bond donors (Lipinski definition) is 2. The minimum Gasteiger partial charge on any atom is -0.330 e. The lowest BCUT2D eigenvalue weighted by atomic mass is 9.77. The van der Waals surface area contributed by atoms with E-state index < -0.39 is 0 Å². The van der Waals surface area contributed by atoms with Crippen LogP contribution in [0.1, 0.15) is 46.5 Å². The Balaban J connectivity index is 0. The van der Waals surface area contributed by atoms with Crippen LogP contribution in [0, 0.1) is 5.41 Å². The van der Waals surface area contributed by atoms with E-state index in [0.717, 1.165) is 12.1 Å². The Labute approximate surface area is 114 Å². The van der Waals surface area contributed by atoms with Crippen LogP contribution < -0.4 is 11.5 Å². The SMILES string of the molecule is C=C/C=C(\C=C)CN.CCC(CC)(CC)CCN. The molecule has 0 amide bonds. The van der Waals surface area contributed by atoms with E-state index in [2.05, 4.69) is 33.9 Å². The molecule has 0 rings (SSSR count). The van der Waals surface area contributed by atoms with E-state index in [1.54, 1.807) is 12.2 Å². The smallest absolute Gasteiger partial charge is 0.0177 e.